The largest absolute Gasteiger partial charge is 0.308 e. The third-order valence-corrected chi connectivity index (χ3v) is 8.06. The maximum atomic E-state index is 13.2. The van der Waals surface area contributed by atoms with Crippen LogP contribution in [0.4, 0.5) is 4.39 Å². The van der Waals surface area contributed by atoms with Gasteiger partial charge in [-0.2, -0.15) is 9.57 Å². The number of aromatic amines is 1. The summed E-state index contributed by atoms with van der Waals surface area (Å²) in [5, 5.41) is 17.3. The second-order valence-electron chi connectivity index (χ2n) is 8.28. The molecule has 1 aliphatic heterocycles. The summed E-state index contributed by atoms with van der Waals surface area (Å²) in [6.07, 6.45) is 0.893. The maximum absolute atomic E-state index is 13.2. The zero-order valence-electron chi connectivity index (χ0n) is 18.4. The zero-order chi connectivity index (χ0) is 24.6. The average molecular weight is 494 g/mol. The summed E-state index contributed by atoms with van der Waals surface area (Å²) in [5.41, 5.74) is 0.870. The molecule has 0 bridgehead atoms. The molecule has 2 aromatic carbocycles. The SMILES string of the molecule is N#Cc1ccccc1S(=O)(=O)N1CCC(c2nc3c(nnn3Cc3ccc(F)cc3)c(=O)[nH]2)CC1. The first-order valence-electron chi connectivity index (χ1n) is 10.9. The lowest BCUT2D eigenvalue weighted by atomic mass is 9.97. The number of halogens is 1. The second kappa shape index (κ2) is 9.01. The molecule has 35 heavy (non-hydrogen) atoms. The summed E-state index contributed by atoms with van der Waals surface area (Å²) in [5.74, 6) is -0.0721. The molecule has 0 unspecified atom stereocenters. The highest BCUT2D eigenvalue weighted by molar-refractivity contribution is 7.89. The first-order valence-corrected chi connectivity index (χ1v) is 12.4. The van der Waals surface area contributed by atoms with Crippen molar-refractivity contribution in [2.24, 2.45) is 0 Å². The minimum atomic E-state index is -3.82. The van der Waals surface area contributed by atoms with Crippen LogP contribution in [0.25, 0.3) is 11.2 Å². The number of piperidine rings is 1. The van der Waals surface area contributed by atoms with Gasteiger partial charge >= 0.3 is 0 Å². The normalized spacial score (nSPS) is 15.3. The molecule has 0 spiro atoms. The Hall–Kier alpha value is -3.95. The molecule has 1 N–H and O–H groups in total. The number of hydrogen-bond acceptors (Lipinski definition) is 7. The Morgan fingerprint density at radius 3 is 2.54 bits per heavy atom. The number of nitrogens with one attached hydrogen (secondary N) is 1. The van der Waals surface area contributed by atoms with Crippen molar-refractivity contribution in [2.45, 2.75) is 30.2 Å². The van der Waals surface area contributed by atoms with Crippen LogP contribution in [0.3, 0.4) is 0 Å². The molecule has 1 aliphatic rings. The molecule has 3 heterocycles. The van der Waals surface area contributed by atoms with E-state index >= 15 is 0 Å². The van der Waals surface area contributed by atoms with Gasteiger partial charge in [0, 0.05) is 19.0 Å². The molecule has 5 rings (SSSR count). The summed E-state index contributed by atoms with van der Waals surface area (Å²) in [4.78, 5) is 20.0. The molecule has 1 fully saturated rings. The Balaban J connectivity index is 1.38. The van der Waals surface area contributed by atoms with E-state index in [2.05, 4.69) is 20.3 Å². The Morgan fingerprint density at radius 2 is 1.83 bits per heavy atom. The lowest BCUT2D eigenvalue weighted by molar-refractivity contribution is 0.313. The smallest absolute Gasteiger partial charge is 0.281 e. The predicted molar refractivity (Wildman–Crippen MR) is 123 cm³/mol. The minimum absolute atomic E-state index is 0.00956. The second-order valence-corrected chi connectivity index (χ2v) is 10.2. The number of sulfonamides is 1. The van der Waals surface area contributed by atoms with E-state index in [-0.39, 0.29) is 47.3 Å². The number of rotatable bonds is 5. The van der Waals surface area contributed by atoms with Crippen molar-refractivity contribution >= 4 is 21.2 Å². The van der Waals surface area contributed by atoms with Gasteiger partial charge in [0.25, 0.3) is 5.56 Å². The van der Waals surface area contributed by atoms with Crippen LogP contribution in [0.1, 0.15) is 35.7 Å². The van der Waals surface area contributed by atoms with E-state index in [1.54, 1.807) is 24.3 Å². The molecule has 0 saturated carbocycles. The third kappa shape index (κ3) is 4.31. The average Bonchev–Trinajstić information content (AvgIpc) is 3.28. The van der Waals surface area contributed by atoms with Crippen LogP contribution < -0.4 is 5.56 Å². The van der Waals surface area contributed by atoms with Crippen molar-refractivity contribution in [1.29, 1.82) is 5.26 Å². The summed E-state index contributed by atoms with van der Waals surface area (Å²) >= 11 is 0. The summed E-state index contributed by atoms with van der Waals surface area (Å²) in [7, 11) is -3.82. The van der Waals surface area contributed by atoms with Gasteiger partial charge in [-0.15, -0.1) is 5.10 Å². The van der Waals surface area contributed by atoms with E-state index in [1.807, 2.05) is 6.07 Å². The topological polar surface area (TPSA) is 138 Å². The fourth-order valence-corrected chi connectivity index (χ4v) is 5.85. The first-order chi connectivity index (χ1) is 16.9. The molecule has 4 aromatic rings. The lowest BCUT2D eigenvalue weighted by Gasteiger charge is -2.30. The molecular formula is C23H20FN7O3S. The molecule has 12 heteroatoms. The fourth-order valence-electron chi connectivity index (χ4n) is 4.24. The highest BCUT2D eigenvalue weighted by Gasteiger charge is 2.32. The van der Waals surface area contributed by atoms with E-state index in [0.717, 1.165) is 5.56 Å². The van der Waals surface area contributed by atoms with Gasteiger partial charge in [0.1, 0.15) is 17.7 Å². The summed E-state index contributed by atoms with van der Waals surface area (Å²) in [6.45, 7) is 0.713. The van der Waals surface area contributed by atoms with Crippen molar-refractivity contribution in [1.82, 2.24) is 29.3 Å². The monoisotopic (exact) mass is 493 g/mol. The zero-order valence-corrected chi connectivity index (χ0v) is 19.2. The van der Waals surface area contributed by atoms with Gasteiger partial charge in [-0.05, 0) is 42.7 Å². The van der Waals surface area contributed by atoms with E-state index in [9.17, 15) is 22.9 Å². The van der Waals surface area contributed by atoms with Gasteiger partial charge in [-0.1, -0.05) is 29.5 Å². The summed E-state index contributed by atoms with van der Waals surface area (Å²) < 4.78 is 42.3. The predicted octanol–water partition coefficient (Wildman–Crippen LogP) is 2.14. The van der Waals surface area contributed by atoms with Crippen LogP contribution in [-0.2, 0) is 16.6 Å². The van der Waals surface area contributed by atoms with Crippen LogP contribution in [0, 0.1) is 17.1 Å². The van der Waals surface area contributed by atoms with E-state index in [0.29, 0.717) is 24.3 Å². The number of nitrogens with zero attached hydrogens (tertiary/aromatic N) is 6. The van der Waals surface area contributed by atoms with Crippen molar-refractivity contribution in [3.05, 3.63) is 81.7 Å². The summed E-state index contributed by atoms with van der Waals surface area (Å²) in [6, 6.07) is 14.0. The highest BCUT2D eigenvalue weighted by Crippen LogP contribution is 2.30. The molecule has 0 aliphatic carbocycles. The van der Waals surface area contributed by atoms with Crippen molar-refractivity contribution in [3.8, 4) is 6.07 Å². The number of fused-ring (bicyclic) bond motifs is 1. The van der Waals surface area contributed by atoms with Gasteiger partial charge in [-0.25, -0.2) is 22.5 Å². The molecule has 0 radical (unpaired) electrons. The third-order valence-electron chi connectivity index (χ3n) is 6.10. The van der Waals surface area contributed by atoms with Crippen LogP contribution in [0.5, 0.6) is 0 Å². The van der Waals surface area contributed by atoms with Gasteiger partial charge in [0.15, 0.2) is 11.2 Å². The maximum Gasteiger partial charge on any atom is 0.281 e. The first kappa shape index (κ1) is 22.8. The standard InChI is InChI=1S/C23H20FN7O3S/c24-18-7-5-15(6-8-18)14-31-22-20(28-29-31)23(32)27-21(26-22)16-9-11-30(12-10-16)35(33,34)19-4-2-1-3-17(19)13-25/h1-8,16H,9-12,14H2,(H,26,27,32). The Bertz CT molecular complexity index is 1600. The molecule has 10 nitrogen and oxygen atoms in total. The molecule has 0 amide bonds. The van der Waals surface area contributed by atoms with Crippen molar-refractivity contribution in [2.75, 3.05) is 13.1 Å². The van der Waals surface area contributed by atoms with Crippen LogP contribution in [0.15, 0.2) is 58.2 Å². The Morgan fingerprint density at radius 1 is 1.11 bits per heavy atom. The molecule has 0 atom stereocenters. The number of aromatic nitrogens is 5. The van der Waals surface area contributed by atoms with E-state index < -0.39 is 15.6 Å². The molecule has 178 valence electrons. The molecular weight excluding hydrogens is 473 g/mol. The van der Waals surface area contributed by atoms with Crippen LogP contribution in [0.2, 0.25) is 0 Å². The Kier molecular flexibility index (Phi) is 5.88. The highest BCUT2D eigenvalue weighted by atomic mass is 32.2. The minimum Gasteiger partial charge on any atom is -0.308 e. The van der Waals surface area contributed by atoms with E-state index in [1.165, 1.54) is 33.3 Å². The molecule has 1 saturated heterocycles. The van der Waals surface area contributed by atoms with Gasteiger partial charge in [0.2, 0.25) is 10.0 Å². The number of benzene rings is 2. The van der Waals surface area contributed by atoms with Crippen LogP contribution in [-0.4, -0.2) is 50.8 Å². The van der Waals surface area contributed by atoms with Crippen LogP contribution >= 0.6 is 0 Å². The van der Waals surface area contributed by atoms with Crippen molar-refractivity contribution in [3.63, 3.8) is 0 Å². The quantitative estimate of drug-likeness (QED) is 0.450. The Labute approximate surface area is 199 Å². The fraction of sp³-hybridized carbons (Fsp3) is 0.261. The van der Waals surface area contributed by atoms with Gasteiger partial charge in [-0.3, -0.25) is 4.79 Å². The van der Waals surface area contributed by atoms with E-state index in [4.69, 9.17) is 0 Å². The van der Waals surface area contributed by atoms with Crippen molar-refractivity contribution < 1.29 is 12.8 Å². The number of hydrogen-bond donors (Lipinski definition) is 1. The lowest BCUT2D eigenvalue weighted by Crippen LogP contribution is -2.38. The van der Waals surface area contributed by atoms with Gasteiger partial charge < -0.3 is 4.98 Å². The van der Waals surface area contributed by atoms with Gasteiger partial charge in [0.05, 0.1) is 17.0 Å². The number of H-pyrrole nitrogens is 1. The molecule has 2 aromatic heterocycles. The number of nitriles is 1.